The van der Waals surface area contributed by atoms with Crippen molar-refractivity contribution in [3.63, 3.8) is 0 Å². The lowest BCUT2D eigenvalue weighted by Crippen LogP contribution is -2.16. The minimum absolute atomic E-state index is 0.122. The minimum Gasteiger partial charge on any atom is -0.491 e. The Morgan fingerprint density at radius 3 is 2.44 bits per heavy atom. The van der Waals surface area contributed by atoms with Crippen molar-refractivity contribution in [2.24, 2.45) is 5.73 Å². The van der Waals surface area contributed by atoms with Gasteiger partial charge in [0.25, 0.3) is 18.2 Å². The molecule has 0 saturated carbocycles. The molecule has 0 bridgehead atoms. The maximum atomic E-state index is 12.8. The van der Waals surface area contributed by atoms with Gasteiger partial charge in [-0.05, 0) is 0 Å². The fraction of sp³-hybridized carbons (Fsp3) is 0.333. The van der Waals surface area contributed by atoms with Crippen LogP contribution in [0.3, 0.4) is 0 Å². The van der Waals surface area contributed by atoms with E-state index in [-0.39, 0.29) is 17.2 Å². The summed E-state index contributed by atoms with van der Waals surface area (Å²) in [6.07, 6.45) is -1.97. The van der Waals surface area contributed by atoms with E-state index in [9.17, 15) is 13.6 Å². The number of carbonyl (C=O) groups is 1. The van der Waals surface area contributed by atoms with Gasteiger partial charge in [-0.2, -0.15) is 0 Å². The Balaban J connectivity index is 3.50. The van der Waals surface area contributed by atoms with Crippen LogP contribution < -0.4 is 15.2 Å². The Hall–Kier alpha value is -1.92. The highest BCUT2D eigenvalue weighted by Crippen LogP contribution is 2.37. The minimum atomic E-state index is -2.91. The molecule has 0 atom stereocenters. The summed E-state index contributed by atoms with van der Waals surface area (Å²) in [5.41, 5.74) is 3.97. The smallest absolute Gasteiger partial charge is 0.268 e. The molecule has 0 saturated heterocycles. The van der Waals surface area contributed by atoms with Crippen molar-refractivity contribution in [2.75, 3.05) is 14.2 Å². The normalized spacial score (nSPS) is 10.3. The molecule has 88 valence electrons. The summed E-state index contributed by atoms with van der Waals surface area (Å²) >= 11 is 0. The van der Waals surface area contributed by atoms with Crippen molar-refractivity contribution in [3.05, 3.63) is 17.3 Å². The Morgan fingerprint density at radius 2 is 2.06 bits per heavy atom. The van der Waals surface area contributed by atoms with Gasteiger partial charge in [0.15, 0.2) is 5.75 Å². The van der Waals surface area contributed by atoms with Crippen LogP contribution in [0.1, 0.15) is 22.3 Å². The summed E-state index contributed by atoms with van der Waals surface area (Å²) in [6.45, 7) is 0. The highest BCUT2D eigenvalue weighted by Gasteiger charge is 2.25. The Morgan fingerprint density at radius 1 is 1.44 bits per heavy atom. The molecule has 5 nitrogen and oxygen atoms in total. The van der Waals surface area contributed by atoms with E-state index in [2.05, 4.69) is 4.98 Å². The summed E-state index contributed by atoms with van der Waals surface area (Å²) in [6, 6.07) is 0. The first kappa shape index (κ1) is 12.2. The van der Waals surface area contributed by atoms with E-state index in [0.717, 1.165) is 6.20 Å². The molecule has 1 heterocycles. The van der Waals surface area contributed by atoms with Crippen LogP contribution in [0, 0.1) is 0 Å². The molecular formula is C9H10F2N2O3. The molecule has 1 aromatic heterocycles. The van der Waals surface area contributed by atoms with Crippen LogP contribution in [-0.4, -0.2) is 25.1 Å². The van der Waals surface area contributed by atoms with Crippen LogP contribution in [0.5, 0.6) is 11.6 Å². The van der Waals surface area contributed by atoms with E-state index in [1.54, 1.807) is 0 Å². The zero-order valence-electron chi connectivity index (χ0n) is 8.66. The van der Waals surface area contributed by atoms with Crippen LogP contribution >= 0.6 is 0 Å². The van der Waals surface area contributed by atoms with Gasteiger partial charge in [-0.3, -0.25) is 4.79 Å². The third kappa shape index (κ3) is 2.02. The van der Waals surface area contributed by atoms with Gasteiger partial charge >= 0.3 is 0 Å². The molecule has 2 N–H and O–H groups in total. The first-order chi connectivity index (χ1) is 7.52. The number of hydrogen-bond donors (Lipinski definition) is 1. The van der Waals surface area contributed by atoms with Crippen molar-refractivity contribution in [1.29, 1.82) is 0 Å². The molecule has 0 aromatic carbocycles. The second-order valence-electron chi connectivity index (χ2n) is 2.79. The molecule has 0 aliphatic rings. The zero-order chi connectivity index (χ0) is 12.3. The van der Waals surface area contributed by atoms with Crippen LogP contribution in [0.4, 0.5) is 8.78 Å². The molecule has 0 aliphatic heterocycles. The molecule has 7 heteroatoms. The van der Waals surface area contributed by atoms with Crippen molar-refractivity contribution < 1.29 is 23.0 Å². The number of nitrogens with zero attached hydrogens (tertiary/aromatic N) is 1. The second kappa shape index (κ2) is 4.73. The lowest BCUT2D eigenvalue weighted by atomic mass is 10.1. The van der Waals surface area contributed by atoms with Crippen LogP contribution in [0.2, 0.25) is 0 Å². The monoisotopic (exact) mass is 232 g/mol. The third-order valence-electron chi connectivity index (χ3n) is 1.92. The van der Waals surface area contributed by atoms with Crippen LogP contribution in [0.25, 0.3) is 0 Å². The van der Waals surface area contributed by atoms with Gasteiger partial charge < -0.3 is 15.2 Å². The Bertz CT molecular complexity index is 410. The molecule has 0 fully saturated rings. The number of aromatic nitrogens is 1. The van der Waals surface area contributed by atoms with Crippen molar-refractivity contribution in [1.82, 2.24) is 4.98 Å². The maximum absolute atomic E-state index is 12.8. The van der Waals surface area contributed by atoms with Gasteiger partial charge in [0, 0.05) is 6.20 Å². The number of rotatable bonds is 4. The highest BCUT2D eigenvalue weighted by atomic mass is 19.3. The van der Waals surface area contributed by atoms with Gasteiger partial charge in [-0.1, -0.05) is 0 Å². The Kier molecular flexibility index (Phi) is 3.60. The average molecular weight is 232 g/mol. The van der Waals surface area contributed by atoms with E-state index in [1.165, 1.54) is 14.2 Å². The van der Waals surface area contributed by atoms with E-state index in [4.69, 9.17) is 15.2 Å². The molecule has 1 rings (SSSR count). The lowest BCUT2D eigenvalue weighted by Gasteiger charge is -2.13. The fourth-order valence-electron chi connectivity index (χ4n) is 1.24. The number of ether oxygens (including phenoxy) is 2. The first-order valence-electron chi connectivity index (χ1n) is 4.21. The quantitative estimate of drug-likeness (QED) is 0.844. The molecule has 16 heavy (non-hydrogen) atoms. The number of amides is 1. The van der Waals surface area contributed by atoms with E-state index in [0.29, 0.717) is 0 Å². The summed E-state index contributed by atoms with van der Waals surface area (Å²) in [7, 11) is 2.43. The molecule has 0 spiro atoms. The SMILES string of the molecule is COc1ncc(C(N)=O)c(C(F)F)c1OC. The summed E-state index contributed by atoms with van der Waals surface area (Å²) in [4.78, 5) is 14.6. The fourth-order valence-corrected chi connectivity index (χ4v) is 1.24. The number of alkyl halides is 2. The molecule has 0 aliphatic carbocycles. The maximum Gasteiger partial charge on any atom is 0.268 e. The summed E-state index contributed by atoms with van der Waals surface area (Å²) < 4.78 is 35.0. The first-order valence-corrected chi connectivity index (χ1v) is 4.21. The number of methoxy groups -OCH3 is 2. The summed E-state index contributed by atoms with van der Waals surface area (Å²) in [5.74, 6) is -1.40. The van der Waals surface area contributed by atoms with E-state index < -0.39 is 17.9 Å². The van der Waals surface area contributed by atoms with Gasteiger partial charge in [-0.25, -0.2) is 13.8 Å². The van der Waals surface area contributed by atoms with Crippen LogP contribution in [0.15, 0.2) is 6.20 Å². The molecule has 0 radical (unpaired) electrons. The zero-order valence-corrected chi connectivity index (χ0v) is 8.66. The number of pyridine rings is 1. The van der Waals surface area contributed by atoms with Gasteiger partial charge in [0.05, 0.1) is 25.3 Å². The molecule has 1 aromatic rings. The average Bonchev–Trinajstić information content (AvgIpc) is 2.26. The number of nitrogens with two attached hydrogens (primary N) is 1. The largest absolute Gasteiger partial charge is 0.491 e. The predicted molar refractivity (Wildman–Crippen MR) is 50.8 cm³/mol. The van der Waals surface area contributed by atoms with Crippen LogP contribution in [-0.2, 0) is 0 Å². The van der Waals surface area contributed by atoms with E-state index >= 15 is 0 Å². The standard InChI is InChI=1S/C9H10F2N2O3/c1-15-6-5(7(10)11)4(8(12)14)3-13-9(6)16-2/h3,7H,1-2H3,(H2,12,14). The number of halogens is 2. The van der Waals surface area contributed by atoms with Gasteiger partial charge in [0.1, 0.15) is 0 Å². The summed E-state index contributed by atoms with van der Waals surface area (Å²) in [5, 5.41) is 0. The number of carbonyl (C=O) groups excluding carboxylic acids is 1. The predicted octanol–water partition coefficient (Wildman–Crippen LogP) is 1.14. The van der Waals surface area contributed by atoms with Gasteiger partial charge in [-0.15, -0.1) is 0 Å². The number of hydrogen-bond acceptors (Lipinski definition) is 4. The Labute approximate surface area is 90.2 Å². The van der Waals surface area contributed by atoms with Gasteiger partial charge in [0.2, 0.25) is 0 Å². The highest BCUT2D eigenvalue weighted by molar-refractivity contribution is 5.95. The second-order valence-corrected chi connectivity index (χ2v) is 2.79. The topological polar surface area (TPSA) is 74.4 Å². The molecular weight excluding hydrogens is 222 g/mol. The lowest BCUT2D eigenvalue weighted by molar-refractivity contribution is 0.0982. The molecule has 0 unspecified atom stereocenters. The number of primary amides is 1. The van der Waals surface area contributed by atoms with E-state index in [1.807, 2.05) is 0 Å². The van der Waals surface area contributed by atoms with Crippen molar-refractivity contribution in [3.8, 4) is 11.6 Å². The third-order valence-corrected chi connectivity index (χ3v) is 1.92. The van der Waals surface area contributed by atoms with Crippen molar-refractivity contribution >= 4 is 5.91 Å². The molecule has 1 amide bonds. The van der Waals surface area contributed by atoms with Crippen molar-refractivity contribution in [2.45, 2.75) is 6.43 Å².